The number of hydrogen-bond donors (Lipinski definition) is 1. The van der Waals surface area contributed by atoms with Gasteiger partial charge in [-0.05, 0) is 61.6 Å². The fourth-order valence-corrected chi connectivity index (χ4v) is 7.00. The van der Waals surface area contributed by atoms with Crippen molar-refractivity contribution in [2.45, 2.75) is 56.7 Å². The number of fused-ring (bicyclic) bond motifs is 4. The predicted molar refractivity (Wildman–Crippen MR) is 154 cm³/mol. The molecule has 2 aliphatic heterocycles. The number of nitrogens with two attached hydrogens (primary N) is 1. The Morgan fingerprint density at radius 1 is 1.13 bits per heavy atom. The lowest BCUT2D eigenvalue weighted by molar-refractivity contribution is -0.142. The fourth-order valence-electron chi connectivity index (χ4n) is 7.00. The van der Waals surface area contributed by atoms with Crippen molar-refractivity contribution in [1.82, 2.24) is 19.7 Å². The summed E-state index contributed by atoms with van der Waals surface area (Å²) in [5, 5.41) is 3.45. The highest BCUT2D eigenvalue weighted by Gasteiger charge is 2.68. The largest absolute Gasteiger partial charge is 0.435 e. The topological polar surface area (TPSA) is 106 Å². The second-order valence-corrected chi connectivity index (χ2v) is 12.2. The monoisotopic (exact) mass is 658 g/mol. The first-order valence-corrected chi connectivity index (χ1v) is 14.7. The summed E-state index contributed by atoms with van der Waals surface area (Å²) in [5.41, 5.74) is 5.15. The molecule has 244 valence electrons. The minimum atomic E-state index is -5.00. The summed E-state index contributed by atoms with van der Waals surface area (Å²) in [6.45, 7) is 0.728. The van der Waals surface area contributed by atoms with Crippen molar-refractivity contribution in [2.24, 2.45) is 10.9 Å². The molecule has 47 heavy (non-hydrogen) atoms. The molecule has 1 fully saturated rings. The van der Waals surface area contributed by atoms with Crippen LogP contribution in [0.3, 0.4) is 0 Å². The first kappa shape index (κ1) is 30.8. The van der Waals surface area contributed by atoms with Crippen molar-refractivity contribution in [3.05, 3.63) is 93.7 Å². The smallest absolute Gasteiger partial charge is 0.397 e. The Bertz CT molecular complexity index is 1940. The van der Waals surface area contributed by atoms with Gasteiger partial charge in [-0.2, -0.15) is 27.1 Å². The maximum Gasteiger partial charge on any atom is 0.435 e. The average Bonchev–Trinajstić information content (AvgIpc) is 3.46. The Morgan fingerprint density at radius 3 is 2.55 bits per heavy atom. The average molecular weight is 659 g/mol. The Hall–Kier alpha value is -4.82. The number of nitrogens with zero attached hydrogens (tertiary/aromatic N) is 5. The molecule has 1 saturated carbocycles. The van der Waals surface area contributed by atoms with Crippen LogP contribution in [0, 0.1) is 17.6 Å². The third-order valence-corrected chi connectivity index (χ3v) is 9.00. The van der Waals surface area contributed by atoms with E-state index >= 15 is 8.78 Å². The Morgan fingerprint density at radius 2 is 1.85 bits per heavy atom. The van der Waals surface area contributed by atoms with Gasteiger partial charge in [-0.1, -0.05) is 0 Å². The minimum Gasteiger partial charge on any atom is -0.397 e. The number of amides is 1. The zero-order chi connectivity index (χ0) is 33.6. The van der Waals surface area contributed by atoms with E-state index in [0.29, 0.717) is 33.4 Å². The molecular formula is C32H25F7N6O2. The van der Waals surface area contributed by atoms with E-state index in [1.807, 2.05) is 0 Å². The number of carbonyl (C=O) groups excluding carboxylic acids is 2. The van der Waals surface area contributed by atoms with Crippen molar-refractivity contribution < 1.29 is 40.3 Å². The van der Waals surface area contributed by atoms with Gasteiger partial charge < -0.3 is 5.73 Å². The van der Waals surface area contributed by atoms with Crippen LogP contribution in [0.5, 0.6) is 0 Å². The molecule has 0 unspecified atom stereocenters. The summed E-state index contributed by atoms with van der Waals surface area (Å²) in [4.78, 5) is 36.3. The van der Waals surface area contributed by atoms with Crippen molar-refractivity contribution in [3.63, 3.8) is 0 Å². The molecule has 2 aromatic heterocycles. The Kier molecular flexibility index (Phi) is 6.95. The highest BCUT2D eigenvalue weighted by Crippen LogP contribution is 2.68. The number of Topliss-reactive ketones (excluding diaryl/α,β-unsaturated/α-hetero) is 1. The standard InChI is InChI=1S/C32H25F7N6O2/c1-14-21(2-3-25-41-12-26(47)45(14)25)22-9-19(40)11-42-28(22)16(4-15-5-17(33)8-18(34)6-15)7-20(46)13-44-30-27(29(43-44)32(37,38)39)23-10-24(23)31(30,35)36/h2-3,5-6,8-9,11,16,23-24H,4,7,10,12-13,40H2,1H3/t16-,23+,24-/m1/s1. The molecule has 2 aliphatic carbocycles. The first-order chi connectivity index (χ1) is 22.1. The molecule has 1 aromatic carbocycles. The van der Waals surface area contributed by atoms with Gasteiger partial charge in [0.25, 0.3) is 11.8 Å². The van der Waals surface area contributed by atoms with Gasteiger partial charge in [-0.15, -0.1) is 0 Å². The van der Waals surface area contributed by atoms with Crippen LogP contribution in [-0.2, 0) is 34.7 Å². The number of alkyl halides is 5. The molecule has 8 nitrogen and oxygen atoms in total. The number of allylic oxidation sites excluding steroid dienone is 3. The minimum absolute atomic E-state index is 0.0533. The number of carbonyl (C=O) groups is 2. The molecule has 0 radical (unpaired) electrons. The molecule has 15 heteroatoms. The summed E-state index contributed by atoms with van der Waals surface area (Å²) < 4.78 is 101. The van der Waals surface area contributed by atoms with Gasteiger partial charge >= 0.3 is 6.18 Å². The van der Waals surface area contributed by atoms with E-state index in [4.69, 9.17) is 5.73 Å². The second-order valence-electron chi connectivity index (χ2n) is 12.2. The van der Waals surface area contributed by atoms with Crippen molar-refractivity contribution in [1.29, 1.82) is 0 Å². The fraction of sp³-hybridized carbons (Fsp3) is 0.344. The number of aromatic nitrogens is 3. The summed E-state index contributed by atoms with van der Waals surface area (Å²) in [6, 6.07) is 4.36. The first-order valence-electron chi connectivity index (χ1n) is 14.7. The predicted octanol–water partition coefficient (Wildman–Crippen LogP) is 5.89. The van der Waals surface area contributed by atoms with Gasteiger partial charge in [0, 0.05) is 46.7 Å². The highest BCUT2D eigenvalue weighted by molar-refractivity contribution is 6.14. The molecule has 3 aromatic rings. The lowest BCUT2D eigenvalue weighted by Gasteiger charge is -2.26. The number of hydrogen-bond acceptors (Lipinski definition) is 6. The number of pyridine rings is 1. The van der Waals surface area contributed by atoms with Crippen LogP contribution in [0.25, 0.3) is 5.57 Å². The van der Waals surface area contributed by atoms with E-state index in [1.165, 1.54) is 11.1 Å². The quantitative estimate of drug-likeness (QED) is 0.304. The highest BCUT2D eigenvalue weighted by atomic mass is 19.4. The van der Waals surface area contributed by atoms with Gasteiger partial charge in [-0.25, -0.2) is 8.78 Å². The molecule has 0 spiro atoms. The molecule has 4 aliphatic rings. The number of nitrogen functional groups attached to an aromatic ring is 1. The van der Waals surface area contributed by atoms with E-state index in [2.05, 4.69) is 15.1 Å². The molecule has 4 heterocycles. The molecule has 3 atom stereocenters. The molecule has 7 rings (SSSR count). The Labute approximate surface area is 262 Å². The van der Waals surface area contributed by atoms with Crippen LogP contribution in [0.1, 0.15) is 65.4 Å². The number of aliphatic imine (C=N–C) groups is 1. The van der Waals surface area contributed by atoms with E-state index in [-0.39, 0.29) is 42.2 Å². The normalized spacial score (nSPS) is 21.5. The zero-order valence-electron chi connectivity index (χ0n) is 24.6. The van der Waals surface area contributed by atoms with Crippen LogP contribution in [-0.4, -0.2) is 43.7 Å². The van der Waals surface area contributed by atoms with Crippen LogP contribution >= 0.6 is 0 Å². The molecule has 1 amide bonds. The Balaban J connectivity index is 1.28. The molecule has 2 N–H and O–H groups in total. The number of ketones is 1. The van der Waals surface area contributed by atoms with Crippen LogP contribution in [0.2, 0.25) is 0 Å². The zero-order valence-corrected chi connectivity index (χ0v) is 24.6. The number of halogens is 7. The molecular weight excluding hydrogens is 633 g/mol. The summed E-state index contributed by atoms with van der Waals surface area (Å²) in [6.07, 6.45) is -1.13. The second kappa shape index (κ2) is 10.6. The van der Waals surface area contributed by atoms with E-state index < -0.39 is 77.2 Å². The van der Waals surface area contributed by atoms with Crippen molar-refractivity contribution >= 4 is 28.8 Å². The van der Waals surface area contributed by atoms with E-state index in [9.17, 15) is 31.5 Å². The maximum absolute atomic E-state index is 15.1. The lowest BCUT2D eigenvalue weighted by Crippen LogP contribution is -2.32. The maximum atomic E-state index is 15.1. The summed E-state index contributed by atoms with van der Waals surface area (Å²) in [5.74, 6) is -9.18. The molecule has 0 bridgehead atoms. The SMILES string of the molecule is CC1=C(c2cc(N)cnc2[C@@H](CC(=O)Cn2nc(C(F)(F)F)c3c2C(F)(F)[C@@H]2C[C@H]32)Cc2cc(F)cc(F)c2)C=CC2=NCC(=O)N21. The van der Waals surface area contributed by atoms with Crippen LogP contribution in [0.15, 0.2) is 53.3 Å². The van der Waals surface area contributed by atoms with Crippen molar-refractivity contribution in [3.8, 4) is 0 Å². The summed E-state index contributed by atoms with van der Waals surface area (Å²) in [7, 11) is 0. The third kappa shape index (κ3) is 5.21. The number of rotatable bonds is 8. The van der Waals surface area contributed by atoms with E-state index in [0.717, 1.165) is 12.1 Å². The summed E-state index contributed by atoms with van der Waals surface area (Å²) >= 11 is 0. The number of amidine groups is 1. The number of anilines is 1. The van der Waals surface area contributed by atoms with Gasteiger partial charge in [0.15, 0.2) is 11.5 Å². The van der Waals surface area contributed by atoms with E-state index in [1.54, 1.807) is 25.1 Å². The van der Waals surface area contributed by atoms with Gasteiger partial charge in [0.2, 0.25) is 0 Å². The number of benzene rings is 1. The molecule has 0 saturated heterocycles. The van der Waals surface area contributed by atoms with Crippen LogP contribution < -0.4 is 5.73 Å². The van der Waals surface area contributed by atoms with Gasteiger partial charge in [0.05, 0.1) is 17.6 Å². The van der Waals surface area contributed by atoms with Gasteiger partial charge in [0.1, 0.15) is 36.3 Å². The van der Waals surface area contributed by atoms with Gasteiger partial charge in [-0.3, -0.25) is 29.1 Å². The van der Waals surface area contributed by atoms with Crippen LogP contribution in [0.4, 0.5) is 36.4 Å². The van der Waals surface area contributed by atoms with Crippen molar-refractivity contribution in [2.75, 3.05) is 12.3 Å². The third-order valence-electron chi connectivity index (χ3n) is 9.00. The lowest BCUT2D eigenvalue weighted by atomic mass is 9.85.